The molecule has 21 heavy (non-hydrogen) atoms. The second-order valence-electron chi connectivity index (χ2n) is 4.74. The molecule has 0 aliphatic heterocycles. The van der Waals surface area contributed by atoms with Crippen molar-refractivity contribution in [2.45, 2.75) is 26.3 Å². The number of amides is 2. The zero-order valence-electron chi connectivity index (χ0n) is 11.9. The average Bonchev–Trinajstić information content (AvgIpc) is 2.94. The van der Waals surface area contributed by atoms with Gasteiger partial charge in [-0.25, -0.2) is 4.98 Å². The Hall–Kier alpha value is -2.21. The van der Waals surface area contributed by atoms with E-state index in [2.05, 4.69) is 15.6 Å². The van der Waals surface area contributed by atoms with Crippen molar-refractivity contribution in [3.05, 3.63) is 46.3 Å². The molecule has 2 N–H and O–H groups in total. The van der Waals surface area contributed by atoms with E-state index in [4.69, 9.17) is 0 Å². The van der Waals surface area contributed by atoms with Crippen LogP contribution in [0.4, 0.5) is 5.82 Å². The fourth-order valence-corrected chi connectivity index (χ4v) is 2.66. The first-order chi connectivity index (χ1) is 10.0. The van der Waals surface area contributed by atoms with E-state index in [-0.39, 0.29) is 24.3 Å². The van der Waals surface area contributed by atoms with E-state index in [0.29, 0.717) is 5.82 Å². The Balaban J connectivity index is 2.01. The van der Waals surface area contributed by atoms with Crippen LogP contribution in [0.2, 0.25) is 0 Å². The lowest BCUT2D eigenvalue weighted by molar-refractivity contribution is -0.120. The van der Waals surface area contributed by atoms with Crippen molar-refractivity contribution >= 4 is 29.0 Å². The highest BCUT2D eigenvalue weighted by Gasteiger charge is 2.18. The van der Waals surface area contributed by atoms with Crippen molar-refractivity contribution in [2.75, 3.05) is 5.32 Å². The number of anilines is 1. The quantitative estimate of drug-likeness (QED) is 0.892. The zero-order valence-corrected chi connectivity index (χ0v) is 12.7. The molecule has 0 saturated heterocycles. The van der Waals surface area contributed by atoms with Crippen LogP contribution in [0.15, 0.2) is 35.8 Å². The van der Waals surface area contributed by atoms with Crippen LogP contribution in [0.1, 0.15) is 29.8 Å². The second-order valence-corrected chi connectivity index (χ2v) is 5.72. The first kappa shape index (κ1) is 15.2. The Labute approximate surface area is 127 Å². The van der Waals surface area contributed by atoms with Gasteiger partial charge in [0.15, 0.2) is 0 Å². The van der Waals surface area contributed by atoms with Gasteiger partial charge in [-0.1, -0.05) is 12.1 Å². The van der Waals surface area contributed by atoms with Gasteiger partial charge in [-0.15, -0.1) is 11.3 Å². The minimum absolute atomic E-state index is 0.158. The number of nitrogens with zero attached hydrogens (tertiary/aromatic N) is 1. The highest BCUT2D eigenvalue weighted by atomic mass is 32.1. The van der Waals surface area contributed by atoms with Crippen molar-refractivity contribution in [3.63, 3.8) is 0 Å². The van der Waals surface area contributed by atoms with Crippen molar-refractivity contribution in [3.8, 4) is 0 Å². The number of thiophene rings is 1. The maximum absolute atomic E-state index is 12.1. The molecule has 5 nitrogen and oxygen atoms in total. The molecule has 0 spiro atoms. The van der Waals surface area contributed by atoms with Gasteiger partial charge in [-0.3, -0.25) is 9.59 Å². The summed E-state index contributed by atoms with van der Waals surface area (Å²) in [7, 11) is 0. The third-order valence-electron chi connectivity index (χ3n) is 2.83. The molecule has 0 aromatic carbocycles. The smallest absolute Gasteiger partial charge is 0.227 e. The number of hydrogen-bond donors (Lipinski definition) is 2. The van der Waals surface area contributed by atoms with Gasteiger partial charge in [0.05, 0.1) is 12.5 Å². The molecule has 2 heterocycles. The maximum atomic E-state index is 12.1. The van der Waals surface area contributed by atoms with E-state index in [9.17, 15) is 9.59 Å². The van der Waals surface area contributed by atoms with Gasteiger partial charge in [0.1, 0.15) is 5.82 Å². The largest absolute Gasteiger partial charge is 0.348 e. The van der Waals surface area contributed by atoms with Gasteiger partial charge in [0.25, 0.3) is 0 Å². The van der Waals surface area contributed by atoms with Crippen LogP contribution in [0.5, 0.6) is 0 Å². The van der Waals surface area contributed by atoms with E-state index in [1.165, 1.54) is 18.3 Å². The molecule has 0 unspecified atom stereocenters. The first-order valence-corrected chi connectivity index (χ1v) is 7.45. The number of nitrogens with one attached hydrogen (secondary N) is 2. The minimum Gasteiger partial charge on any atom is -0.348 e. The fourth-order valence-electron chi connectivity index (χ4n) is 1.88. The number of rotatable bonds is 5. The molecule has 0 fully saturated rings. The molecular weight excluding hydrogens is 286 g/mol. The van der Waals surface area contributed by atoms with E-state index in [1.54, 1.807) is 12.3 Å². The summed E-state index contributed by atoms with van der Waals surface area (Å²) in [5, 5.41) is 7.46. The lowest BCUT2D eigenvalue weighted by atomic mass is 10.1. The van der Waals surface area contributed by atoms with Crippen LogP contribution < -0.4 is 10.6 Å². The first-order valence-electron chi connectivity index (χ1n) is 6.57. The number of aromatic nitrogens is 1. The van der Waals surface area contributed by atoms with Crippen molar-refractivity contribution in [1.29, 1.82) is 0 Å². The van der Waals surface area contributed by atoms with Crippen molar-refractivity contribution < 1.29 is 9.59 Å². The average molecular weight is 303 g/mol. The maximum Gasteiger partial charge on any atom is 0.227 e. The summed E-state index contributed by atoms with van der Waals surface area (Å²) >= 11 is 1.51. The number of carbonyl (C=O) groups excluding carboxylic acids is 2. The van der Waals surface area contributed by atoms with E-state index < -0.39 is 0 Å². The Morgan fingerprint density at radius 1 is 1.33 bits per heavy atom. The zero-order chi connectivity index (χ0) is 15.2. The Bertz CT molecular complexity index is 608. The molecule has 2 rings (SSSR count). The van der Waals surface area contributed by atoms with Gasteiger partial charge in [0.2, 0.25) is 11.8 Å². The lowest BCUT2D eigenvalue weighted by Crippen LogP contribution is -2.29. The second kappa shape index (κ2) is 6.99. The molecule has 0 aliphatic rings. The molecule has 0 saturated carbocycles. The summed E-state index contributed by atoms with van der Waals surface area (Å²) in [5.41, 5.74) is 1.03. The van der Waals surface area contributed by atoms with Crippen LogP contribution >= 0.6 is 11.3 Å². The number of pyridine rings is 1. The van der Waals surface area contributed by atoms with E-state index in [1.807, 2.05) is 30.5 Å². The highest BCUT2D eigenvalue weighted by Crippen LogP contribution is 2.22. The normalized spacial score (nSPS) is 11.7. The minimum atomic E-state index is -0.312. The predicted octanol–water partition coefficient (Wildman–Crippen LogP) is 2.66. The molecule has 2 aromatic rings. The van der Waals surface area contributed by atoms with Crippen LogP contribution in [0.3, 0.4) is 0 Å². The molecule has 0 aliphatic carbocycles. The Morgan fingerprint density at radius 3 is 2.71 bits per heavy atom. The predicted molar refractivity (Wildman–Crippen MR) is 83.1 cm³/mol. The summed E-state index contributed by atoms with van der Waals surface area (Å²) in [4.78, 5) is 28.5. The van der Waals surface area contributed by atoms with Gasteiger partial charge < -0.3 is 10.6 Å². The summed E-state index contributed by atoms with van der Waals surface area (Å²) in [6, 6.07) is 7.13. The Morgan fingerprint density at radius 2 is 2.14 bits per heavy atom. The van der Waals surface area contributed by atoms with Crippen molar-refractivity contribution in [2.24, 2.45) is 0 Å². The van der Waals surface area contributed by atoms with E-state index in [0.717, 1.165) is 10.4 Å². The number of hydrogen-bond acceptors (Lipinski definition) is 4. The number of carbonyl (C=O) groups is 2. The molecule has 0 radical (unpaired) electrons. The SMILES string of the molecule is CC(=O)N[C@H](CC(=O)Nc1ccc(C)cn1)c1cccs1. The molecule has 2 amide bonds. The topological polar surface area (TPSA) is 71.1 Å². The van der Waals surface area contributed by atoms with Crippen molar-refractivity contribution in [1.82, 2.24) is 10.3 Å². The van der Waals surface area contributed by atoms with Crippen LogP contribution in [-0.4, -0.2) is 16.8 Å². The third-order valence-corrected chi connectivity index (χ3v) is 3.82. The van der Waals surface area contributed by atoms with Crippen LogP contribution in [0, 0.1) is 6.92 Å². The van der Waals surface area contributed by atoms with E-state index >= 15 is 0 Å². The summed E-state index contributed by atoms with van der Waals surface area (Å²) in [5.74, 6) is 0.173. The fraction of sp³-hybridized carbons (Fsp3) is 0.267. The molecule has 110 valence electrons. The van der Waals surface area contributed by atoms with Gasteiger partial charge in [0, 0.05) is 18.0 Å². The van der Waals surface area contributed by atoms with Gasteiger partial charge in [-0.2, -0.15) is 0 Å². The molecule has 2 aromatic heterocycles. The number of aryl methyl sites for hydroxylation is 1. The highest BCUT2D eigenvalue weighted by molar-refractivity contribution is 7.10. The molecule has 6 heteroatoms. The monoisotopic (exact) mass is 303 g/mol. The van der Waals surface area contributed by atoms with Gasteiger partial charge in [-0.05, 0) is 30.0 Å². The molecule has 0 bridgehead atoms. The standard InChI is InChI=1S/C15H17N3O2S/c1-10-5-6-14(16-9-10)18-15(20)8-12(17-11(2)19)13-4-3-7-21-13/h3-7,9,12H,8H2,1-2H3,(H,17,19)(H,16,18,20)/t12-/m1/s1. The summed E-state index contributed by atoms with van der Waals surface area (Å²) in [6.07, 6.45) is 1.87. The molecule has 1 atom stereocenters. The lowest BCUT2D eigenvalue weighted by Gasteiger charge is -2.16. The van der Waals surface area contributed by atoms with Crippen LogP contribution in [-0.2, 0) is 9.59 Å². The molecular formula is C15H17N3O2S. The third kappa shape index (κ3) is 4.68. The summed E-state index contributed by atoms with van der Waals surface area (Å²) in [6.45, 7) is 3.38. The summed E-state index contributed by atoms with van der Waals surface area (Å²) < 4.78 is 0. The van der Waals surface area contributed by atoms with Crippen LogP contribution in [0.25, 0.3) is 0 Å². The van der Waals surface area contributed by atoms with Gasteiger partial charge >= 0.3 is 0 Å². The Kier molecular flexibility index (Phi) is 5.05.